The summed E-state index contributed by atoms with van der Waals surface area (Å²) in [5.74, 6) is -2.24. The van der Waals surface area contributed by atoms with Crippen LogP contribution in [0.5, 0.6) is 0 Å². The number of amides is 1. The molecule has 4 rings (SSSR count). The SMILES string of the molecule is CO.Fc1ccc(-c2cc3cc(F)cc(F)c3[nH]2)cc1.O=C(NCC(F)(F)F)C1CCC1. The Balaban J connectivity index is 0.000000227. The average molecular weight is 460 g/mol. The Bertz CT molecular complexity index is 1030. The van der Waals surface area contributed by atoms with Crippen molar-refractivity contribution in [2.24, 2.45) is 5.92 Å². The van der Waals surface area contributed by atoms with Crippen LogP contribution in [-0.2, 0) is 4.79 Å². The fourth-order valence-electron chi connectivity index (χ4n) is 2.95. The highest BCUT2D eigenvalue weighted by atomic mass is 19.4. The van der Waals surface area contributed by atoms with Crippen molar-refractivity contribution in [2.75, 3.05) is 13.7 Å². The maximum atomic E-state index is 13.5. The van der Waals surface area contributed by atoms with Crippen LogP contribution in [0.2, 0.25) is 0 Å². The van der Waals surface area contributed by atoms with E-state index in [1.54, 1.807) is 18.2 Å². The fraction of sp³-hybridized carbons (Fsp3) is 0.318. The summed E-state index contributed by atoms with van der Waals surface area (Å²) in [6.45, 7) is -1.21. The lowest BCUT2D eigenvalue weighted by atomic mass is 9.85. The van der Waals surface area contributed by atoms with Crippen molar-refractivity contribution in [3.8, 4) is 11.3 Å². The van der Waals surface area contributed by atoms with Crippen LogP contribution in [0, 0.1) is 23.4 Å². The molecular formula is C22H22F6N2O2. The van der Waals surface area contributed by atoms with E-state index in [-0.39, 0.29) is 17.3 Å². The van der Waals surface area contributed by atoms with Crippen molar-refractivity contribution in [3.05, 3.63) is 59.9 Å². The zero-order valence-electron chi connectivity index (χ0n) is 17.1. The predicted octanol–water partition coefficient (Wildman–Crippen LogP) is 5.33. The van der Waals surface area contributed by atoms with Crippen LogP contribution in [0.3, 0.4) is 0 Å². The number of carbonyl (C=O) groups is 1. The van der Waals surface area contributed by atoms with E-state index in [0.717, 1.165) is 32.4 Å². The summed E-state index contributed by atoms with van der Waals surface area (Å²) < 4.78 is 74.1. The minimum Gasteiger partial charge on any atom is -0.400 e. The molecule has 1 aliphatic rings. The van der Waals surface area contributed by atoms with Gasteiger partial charge in [0.2, 0.25) is 5.91 Å². The van der Waals surface area contributed by atoms with Crippen LogP contribution in [-0.4, -0.2) is 35.8 Å². The molecule has 0 radical (unpaired) electrons. The number of carbonyl (C=O) groups excluding carboxylic acids is 1. The van der Waals surface area contributed by atoms with Crippen LogP contribution in [0.4, 0.5) is 26.3 Å². The average Bonchev–Trinajstić information content (AvgIpc) is 3.11. The highest BCUT2D eigenvalue weighted by Gasteiger charge is 2.31. The molecule has 3 N–H and O–H groups in total. The van der Waals surface area contributed by atoms with Gasteiger partial charge in [-0.2, -0.15) is 13.2 Å². The summed E-state index contributed by atoms with van der Waals surface area (Å²) in [7, 11) is 1.00. The minimum atomic E-state index is -4.29. The molecule has 1 aliphatic carbocycles. The number of halogens is 6. The molecule has 0 aliphatic heterocycles. The normalized spacial score (nSPS) is 13.4. The van der Waals surface area contributed by atoms with E-state index in [0.29, 0.717) is 16.6 Å². The van der Waals surface area contributed by atoms with Gasteiger partial charge in [0.25, 0.3) is 0 Å². The first kappa shape index (κ1) is 25.3. The molecule has 174 valence electrons. The fourth-order valence-corrected chi connectivity index (χ4v) is 2.95. The first-order valence-corrected chi connectivity index (χ1v) is 9.65. The van der Waals surface area contributed by atoms with E-state index in [1.165, 1.54) is 18.2 Å². The molecule has 3 aromatic rings. The minimum absolute atomic E-state index is 0.174. The number of benzene rings is 2. The number of nitrogens with one attached hydrogen (secondary N) is 2. The summed E-state index contributed by atoms with van der Waals surface area (Å²) in [6.07, 6.45) is -1.89. The third kappa shape index (κ3) is 7.01. The Morgan fingerprint density at radius 1 is 1.03 bits per heavy atom. The van der Waals surface area contributed by atoms with Crippen molar-refractivity contribution in [3.63, 3.8) is 0 Å². The van der Waals surface area contributed by atoms with Crippen molar-refractivity contribution in [2.45, 2.75) is 25.4 Å². The van der Waals surface area contributed by atoms with Gasteiger partial charge in [-0.15, -0.1) is 0 Å². The van der Waals surface area contributed by atoms with Gasteiger partial charge in [0.05, 0.1) is 5.52 Å². The number of aliphatic hydroxyl groups is 1. The van der Waals surface area contributed by atoms with Crippen LogP contribution in [0.1, 0.15) is 19.3 Å². The van der Waals surface area contributed by atoms with E-state index in [1.807, 2.05) is 5.32 Å². The second kappa shape index (κ2) is 11.0. The largest absolute Gasteiger partial charge is 0.405 e. The Morgan fingerprint density at radius 3 is 2.19 bits per heavy atom. The number of hydrogen-bond acceptors (Lipinski definition) is 2. The summed E-state index contributed by atoms with van der Waals surface area (Å²) in [5, 5.41) is 9.31. The molecular weight excluding hydrogens is 438 g/mol. The molecule has 0 spiro atoms. The number of H-pyrrole nitrogens is 1. The number of aliphatic hydroxyl groups excluding tert-OH is 1. The molecule has 0 unspecified atom stereocenters. The van der Waals surface area contributed by atoms with Crippen molar-refractivity contribution in [1.82, 2.24) is 10.3 Å². The Labute approximate surface area is 180 Å². The highest BCUT2D eigenvalue weighted by Crippen LogP contribution is 2.27. The number of aromatic nitrogens is 1. The maximum absolute atomic E-state index is 13.5. The number of rotatable bonds is 3. The van der Waals surface area contributed by atoms with Gasteiger partial charge in [0.1, 0.15) is 24.0 Å². The summed E-state index contributed by atoms with van der Waals surface area (Å²) in [6, 6.07) is 9.50. The summed E-state index contributed by atoms with van der Waals surface area (Å²) in [4.78, 5) is 13.7. The van der Waals surface area contributed by atoms with Crippen LogP contribution >= 0.6 is 0 Å². The van der Waals surface area contributed by atoms with Gasteiger partial charge in [0, 0.05) is 30.2 Å². The number of hydrogen-bond donors (Lipinski definition) is 3. The maximum Gasteiger partial charge on any atom is 0.405 e. The van der Waals surface area contributed by atoms with Gasteiger partial charge in [-0.25, -0.2) is 13.2 Å². The standard InChI is InChI=1S/C14H8F3N.C7H10F3NO.CH4O/c15-10-3-1-8(2-4-10)13-6-9-5-11(16)7-12(17)14(9)18-13;8-7(9,10)4-11-6(12)5-2-1-3-5;1-2/h1-7,18H;5H,1-4H2,(H,11,12);2H,1H3. The Morgan fingerprint density at radius 2 is 1.66 bits per heavy atom. The van der Waals surface area contributed by atoms with Gasteiger partial charge in [-0.3, -0.25) is 4.79 Å². The molecule has 2 aromatic carbocycles. The Kier molecular flexibility index (Phi) is 8.71. The molecule has 1 amide bonds. The Hall–Kier alpha value is -3.01. The van der Waals surface area contributed by atoms with Crippen LogP contribution in [0.15, 0.2) is 42.5 Å². The van der Waals surface area contributed by atoms with E-state index in [4.69, 9.17) is 5.11 Å². The van der Waals surface area contributed by atoms with E-state index < -0.39 is 30.3 Å². The number of alkyl halides is 3. The van der Waals surface area contributed by atoms with Crippen molar-refractivity contribution >= 4 is 16.8 Å². The molecule has 1 saturated carbocycles. The molecule has 0 atom stereocenters. The number of aromatic amines is 1. The lowest BCUT2D eigenvalue weighted by molar-refractivity contribution is -0.142. The molecule has 10 heteroatoms. The van der Waals surface area contributed by atoms with Gasteiger partial charge >= 0.3 is 6.18 Å². The first-order valence-electron chi connectivity index (χ1n) is 9.65. The number of fused-ring (bicyclic) bond motifs is 1. The lowest BCUT2D eigenvalue weighted by Gasteiger charge is -2.24. The quantitative estimate of drug-likeness (QED) is 0.463. The van der Waals surface area contributed by atoms with E-state index in [9.17, 15) is 31.1 Å². The molecule has 4 nitrogen and oxygen atoms in total. The van der Waals surface area contributed by atoms with Gasteiger partial charge in [-0.1, -0.05) is 6.42 Å². The van der Waals surface area contributed by atoms with Crippen LogP contribution in [0.25, 0.3) is 22.2 Å². The molecule has 1 aromatic heterocycles. The third-order valence-electron chi connectivity index (χ3n) is 4.74. The van der Waals surface area contributed by atoms with Gasteiger partial charge < -0.3 is 15.4 Å². The molecule has 1 fully saturated rings. The first-order chi connectivity index (χ1) is 15.1. The monoisotopic (exact) mass is 460 g/mol. The smallest absolute Gasteiger partial charge is 0.400 e. The van der Waals surface area contributed by atoms with E-state index in [2.05, 4.69) is 4.98 Å². The van der Waals surface area contributed by atoms with Gasteiger partial charge in [0.15, 0.2) is 0 Å². The second-order valence-electron chi connectivity index (χ2n) is 7.00. The molecule has 1 heterocycles. The molecule has 0 saturated heterocycles. The highest BCUT2D eigenvalue weighted by molar-refractivity contribution is 5.86. The van der Waals surface area contributed by atoms with E-state index >= 15 is 0 Å². The zero-order chi connectivity index (χ0) is 23.9. The summed E-state index contributed by atoms with van der Waals surface area (Å²) in [5.41, 5.74) is 1.58. The molecule has 32 heavy (non-hydrogen) atoms. The van der Waals surface area contributed by atoms with Crippen LogP contribution < -0.4 is 5.32 Å². The van der Waals surface area contributed by atoms with Gasteiger partial charge in [-0.05, 0) is 54.8 Å². The molecule has 0 bridgehead atoms. The van der Waals surface area contributed by atoms with Crippen molar-refractivity contribution in [1.29, 1.82) is 0 Å². The zero-order valence-corrected chi connectivity index (χ0v) is 17.1. The summed E-state index contributed by atoms with van der Waals surface area (Å²) >= 11 is 0. The lowest BCUT2D eigenvalue weighted by Crippen LogP contribution is -2.39. The predicted molar refractivity (Wildman–Crippen MR) is 108 cm³/mol. The van der Waals surface area contributed by atoms with Crippen molar-refractivity contribution < 1.29 is 36.2 Å². The topological polar surface area (TPSA) is 65.1 Å². The second-order valence-corrected chi connectivity index (χ2v) is 7.00. The third-order valence-corrected chi connectivity index (χ3v) is 4.74.